The normalized spacial score (nSPS) is 28.5. The summed E-state index contributed by atoms with van der Waals surface area (Å²) in [5.74, 6) is 5.74. The summed E-state index contributed by atoms with van der Waals surface area (Å²) in [6, 6.07) is 7.85. The first-order valence-electron chi connectivity index (χ1n) is 10.3. The van der Waals surface area contributed by atoms with E-state index in [0.29, 0.717) is 25.7 Å². The van der Waals surface area contributed by atoms with Crippen LogP contribution in [0.3, 0.4) is 0 Å². The Bertz CT molecular complexity index is 833. The van der Waals surface area contributed by atoms with Crippen LogP contribution < -0.4 is 34.3 Å². The van der Waals surface area contributed by atoms with Crippen LogP contribution in [0.15, 0.2) is 36.4 Å². The summed E-state index contributed by atoms with van der Waals surface area (Å²) in [6.07, 6.45) is 4.31. The van der Waals surface area contributed by atoms with E-state index in [4.69, 9.17) is 9.84 Å². The maximum atomic E-state index is 11.1. The number of carboxylic acid groups (broad SMARTS) is 1. The molecule has 0 saturated heterocycles. The Kier molecular flexibility index (Phi) is 9.02. The number of rotatable bonds is 8. The molecule has 1 fully saturated rings. The van der Waals surface area contributed by atoms with E-state index in [9.17, 15) is 15.0 Å². The Morgan fingerprint density at radius 1 is 1.43 bits per heavy atom. The third kappa shape index (κ3) is 5.12. The fourth-order valence-electron chi connectivity index (χ4n) is 4.76. The number of carboxylic acids is 1. The number of hydrogen-bond donors (Lipinski definition) is 3. The van der Waals surface area contributed by atoms with Crippen molar-refractivity contribution in [2.24, 2.45) is 11.3 Å². The molecule has 6 atom stereocenters. The number of carbonyl (C=O) groups is 1. The van der Waals surface area contributed by atoms with Crippen molar-refractivity contribution in [1.82, 2.24) is 0 Å². The second-order valence-corrected chi connectivity index (χ2v) is 8.24. The molecule has 158 valence electrons. The predicted octanol–water partition coefficient (Wildman–Crippen LogP) is 0.620. The van der Waals surface area contributed by atoms with Gasteiger partial charge in [0.25, 0.3) is 0 Å². The molecule has 30 heavy (non-hydrogen) atoms. The van der Waals surface area contributed by atoms with Crippen molar-refractivity contribution >= 4 is 5.97 Å². The fourth-order valence-corrected chi connectivity index (χ4v) is 4.76. The molecular formula is C24H31NaO5. The van der Waals surface area contributed by atoms with Crippen molar-refractivity contribution in [2.75, 3.05) is 0 Å². The fraction of sp³-hybridized carbons (Fsp3) is 0.542. The number of aliphatic carboxylic acids is 1. The topological polar surface area (TPSA) is 87.0 Å². The Labute approximate surface area is 202 Å². The van der Waals surface area contributed by atoms with Crippen LogP contribution in [0, 0.1) is 23.2 Å². The molecule has 6 heteroatoms. The average Bonchev–Trinajstić information content (AvgIpc) is 3.18. The van der Waals surface area contributed by atoms with Crippen LogP contribution in [0.2, 0.25) is 0 Å². The molecule has 3 N–H and O–H groups in total. The Morgan fingerprint density at radius 2 is 2.17 bits per heavy atom. The summed E-state index contributed by atoms with van der Waals surface area (Å²) in [7, 11) is 0. The van der Waals surface area contributed by atoms with E-state index in [2.05, 4.69) is 11.8 Å². The minimum absolute atomic E-state index is 0. The van der Waals surface area contributed by atoms with Gasteiger partial charge in [-0.05, 0) is 31.7 Å². The van der Waals surface area contributed by atoms with Gasteiger partial charge in [0, 0.05) is 36.2 Å². The predicted molar refractivity (Wildman–Crippen MR) is 112 cm³/mol. The van der Waals surface area contributed by atoms with Crippen molar-refractivity contribution in [3.63, 3.8) is 0 Å². The average molecular weight is 422 g/mol. The van der Waals surface area contributed by atoms with Gasteiger partial charge in [-0.1, -0.05) is 37.3 Å². The zero-order valence-electron chi connectivity index (χ0n) is 19.0. The molecule has 0 radical (unpaired) electrons. The summed E-state index contributed by atoms with van der Waals surface area (Å²) in [6.45, 7) is 3.72. The third-order valence-corrected chi connectivity index (χ3v) is 6.35. The van der Waals surface area contributed by atoms with Crippen LogP contribution in [-0.2, 0) is 4.79 Å². The van der Waals surface area contributed by atoms with Crippen molar-refractivity contribution in [2.45, 2.75) is 70.2 Å². The van der Waals surface area contributed by atoms with Crippen LogP contribution >= 0.6 is 0 Å². The van der Waals surface area contributed by atoms with Gasteiger partial charge in [0.2, 0.25) is 0 Å². The summed E-state index contributed by atoms with van der Waals surface area (Å²) in [5.41, 5.74) is 0.387. The maximum absolute atomic E-state index is 11.1. The summed E-state index contributed by atoms with van der Waals surface area (Å²) < 4.78 is 6.10. The second-order valence-electron chi connectivity index (χ2n) is 8.24. The van der Waals surface area contributed by atoms with Crippen molar-refractivity contribution in [3.05, 3.63) is 42.0 Å². The first kappa shape index (κ1) is 25.0. The molecule has 0 bridgehead atoms. The second kappa shape index (κ2) is 10.8. The van der Waals surface area contributed by atoms with E-state index in [1.54, 1.807) is 13.0 Å². The number of aliphatic hydroxyl groups is 2. The summed E-state index contributed by atoms with van der Waals surface area (Å²) in [5, 5.41) is 30.7. The number of benzene rings is 1. The van der Waals surface area contributed by atoms with E-state index in [1.165, 1.54) is 0 Å². The molecule has 1 saturated carbocycles. The number of hydrogen-bond acceptors (Lipinski definition) is 4. The molecule has 1 aliphatic heterocycles. The largest absolute Gasteiger partial charge is 1.00 e. The van der Waals surface area contributed by atoms with Gasteiger partial charge in [-0.15, -0.1) is 11.8 Å². The van der Waals surface area contributed by atoms with Gasteiger partial charge in [-0.25, -0.2) is 0 Å². The van der Waals surface area contributed by atoms with Gasteiger partial charge in [0.1, 0.15) is 11.9 Å². The Hall–Kier alpha value is -1.29. The molecule has 0 amide bonds. The molecule has 1 heterocycles. The SMILES string of the molecule is CC#CC[C@H](C)[C@H](O)C=C[C@]1(CCCC(=O)O)[C@H](O)C[C@@H]2Oc3ccccc3[C@@H]21.[H-].[Na+]. The standard InChI is InChI=1S/C24H30O5.Na.H/c1-3-4-8-16(2)18(25)12-14-24(13-7-11-22(27)28)21(26)15-20-23(24)17-9-5-6-10-19(17)29-20;;/h5-6,9-10,12,14,16,18,20-21,23,25-26H,7-8,11,13,15H2,1-2H3,(H,27,28);;/q;+1;-1/t16-,18+,20-,21+,23-,24+;;/m0../s1. The first-order chi connectivity index (χ1) is 13.9. The van der Waals surface area contributed by atoms with E-state index in [1.807, 2.05) is 37.3 Å². The number of aliphatic hydroxyl groups excluding tert-OH is 2. The number of para-hydroxylation sites is 1. The molecule has 1 aromatic carbocycles. The molecule has 0 spiro atoms. The Balaban J connectivity index is 0.00000240. The number of fused-ring (bicyclic) bond motifs is 3. The Morgan fingerprint density at radius 3 is 2.87 bits per heavy atom. The van der Waals surface area contributed by atoms with Crippen LogP contribution in [0.1, 0.15) is 58.9 Å². The molecule has 5 nitrogen and oxygen atoms in total. The van der Waals surface area contributed by atoms with E-state index < -0.39 is 23.6 Å². The molecule has 2 aliphatic rings. The van der Waals surface area contributed by atoms with E-state index in [0.717, 1.165) is 11.3 Å². The zero-order chi connectivity index (χ0) is 21.0. The van der Waals surface area contributed by atoms with Gasteiger partial charge < -0.3 is 21.5 Å². The van der Waals surface area contributed by atoms with Gasteiger partial charge in [-0.2, -0.15) is 0 Å². The van der Waals surface area contributed by atoms with Gasteiger partial charge in [-0.3, -0.25) is 4.79 Å². The van der Waals surface area contributed by atoms with Crippen LogP contribution in [-0.4, -0.2) is 39.6 Å². The monoisotopic (exact) mass is 422 g/mol. The minimum Gasteiger partial charge on any atom is -1.00 e. The van der Waals surface area contributed by atoms with Gasteiger partial charge >= 0.3 is 35.5 Å². The van der Waals surface area contributed by atoms with Gasteiger partial charge in [0.05, 0.1) is 12.2 Å². The smallest absolute Gasteiger partial charge is 1.00 e. The quantitative estimate of drug-likeness (QED) is 0.325. The van der Waals surface area contributed by atoms with Crippen LogP contribution in [0.4, 0.5) is 0 Å². The maximum Gasteiger partial charge on any atom is 1.00 e. The molecular weight excluding hydrogens is 391 g/mol. The minimum atomic E-state index is -0.844. The van der Waals surface area contributed by atoms with Crippen molar-refractivity contribution in [3.8, 4) is 17.6 Å². The molecule has 0 aromatic heterocycles. The molecule has 0 unspecified atom stereocenters. The molecule has 1 aromatic rings. The first-order valence-corrected chi connectivity index (χ1v) is 10.3. The van der Waals surface area contributed by atoms with Gasteiger partial charge in [0.15, 0.2) is 0 Å². The van der Waals surface area contributed by atoms with Crippen LogP contribution in [0.25, 0.3) is 0 Å². The third-order valence-electron chi connectivity index (χ3n) is 6.35. The van der Waals surface area contributed by atoms with Crippen molar-refractivity contribution in [1.29, 1.82) is 0 Å². The number of ether oxygens (including phenoxy) is 1. The zero-order valence-corrected chi connectivity index (χ0v) is 20.0. The van der Waals surface area contributed by atoms with Crippen molar-refractivity contribution < 1.29 is 55.8 Å². The summed E-state index contributed by atoms with van der Waals surface area (Å²) >= 11 is 0. The molecule has 1 aliphatic carbocycles. The summed E-state index contributed by atoms with van der Waals surface area (Å²) in [4.78, 5) is 11.1. The van der Waals surface area contributed by atoms with Crippen LogP contribution in [0.5, 0.6) is 5.75 Å². The molecule has 3 rings (SSSR count). The van der Waals surface area contributed by atoms with E-state index >= 15 is 0 Å². The van der Waals surface area contributed by atoms with E-state index in [-0.39, 0.29) is 55.3 Å².